The molecule has 166 valence electrons. The van der Waals surface area contributed by atoms with E-state index in [2.05, 4.69) is 26.4 Å². The van der Waals surface area contributed by atoms with Crippen LogP contribution in [0.5, 0.6) is 5.75 Å². The highest BCUT2D eigenvalue weighted by atomic mass is 16.5. The average molecular weight is 441 g/mol. The zero-order valence-electron chi connectivity index (χ0n) is 18.6. The first-order valence-electron chi connectivity index (χ1n) is 10.9. The molecule has 5 rings (SSSR count). The fraction of sp³-hybridized carbons (Fsp3) is 0.240. The quantitative estimate of drug-likeness (QED) is 0.495. The molecule has 0 saturated heterocycles. The summed E-state index contributed by atoms with van der Waals surface area (Å²) in [6.07, 6.45) is 9.46. The van der Waals surface area contributed by atoms with Crippen LogP contribution >= 0.6 is 0 Å². The highest BCUT2D eigenvalue weighted by molar-refractivity contribution is 5.95. The molecule has 0 fully saturated rings. The Morgan fingerprint density at radius 2 is 1.94 bits per heavy atom. The van der Waals surface area contributed by atoms with Crippen molar-refractivity contribution in [2.75, 3.05) is 13.7 Å². The van der Waals surface area contributed by atoms with Gasteiger partial charge in [-0.2, -0.15) is 5.10 Å². The van der Waals surface area contributed by atoms with Crippen LogP contribution in [0.1, 0.15) is 32.7 Å². The van der Waals surface area contributed by atoms with Gasteiger partial charge in [-0.05, 0) is 73.2 Å². The van der Waals surface area contributed by atoms with Gasteiger partial charge in [0, 0.05) is 30.7 Å². The SMILES string of the molecule is COc1ccc2c(c1)CCc1cnc(-n3ncc(C(=O)NCCc4ccncc4)c3C)nc1-2. The third-order valence-electron chi connectivity index (χ3n) is 5.98. The van der Waals surface area contributed by atoms with Crippen molar-refractivity contribution in [1.82, 2.24) is 30.0 Å². The van der Waals surface area contributed by atoms with Gasteiger partial charge in [-0.25, -0.2) is 14.6 Å². The molecule has 8 nitrogen and oxygen atoms in total. The second-order valence-corrected chi connectivity index (χ2v) is 7.98. The molecule has 1 aliphatic carbocycles. The van der Waals surface area contributed by atoms with Crippen molar-refractivity contribution in [1.29, 1.82) is 0 Å². The Labute approximate surface area is 191 Å². The molecule has 3 heterocycles. The van der Waals surface area contributed by atoms with Gasteiger partial charge in [0.1, 0.15) is 5.75 Å². The molecule has 0 atom stereocenters. The number of ether oxygens (including phenoxy) is 1. The number of rotatable bonds is 6. The highest BCUT2D eigenvalue weighted by Crippen LogP contribution is 2.34. The molecule has 0 radical (unpaired) electrons. The van der Waals surface area contributed by atoms with Gasteiger partial charge in [0.25, 0.3) is 11.9 Å². The molecule has 8 heteroatoms. The second-order valence-electron chi connectivity index (χ2n) is 7.98. The Morgan fingerprint density at radius 1 is 1.12 bits per heavy atom. The summed E-state index contributed by atoms with van der Waals surface area (Å²) in [7, 11) is 1.67. The summed E-state index contributed by atoms with van der Waals surface area (Å²) in [5.74, 6) is 1.13. The number of hydrogen-bond donors (Lipinski definition) is 1. The van der Waals surface area contributed by atoms with Crippen molar-refractivity contribution in [3.05, 3.63) is 83.1 Å². The molecule has 0 bridgehead atoms. The number of nitrogens with zero attached hydrogens (tertiary/aromatic N) is 5. The molecule has 1 N–H and O–H groups in total. The van der Waals surface area contributed by atoms with Gasteiger partial charge in [-0.3, -0.25) is 9.78 Å². The van der Waals surface area contributed by atoms with E-state index in [0.29, 0.717) is 23.8 Å². The topological polar surface area (TPSA) is 94.8 Å². The summed E-state index contributed by atoms with van der Waals surface area (Å²) < 4.78 is 6.99. The minimum atomic E-state index is -0.164. The first-order valence-corrected chi connectivity index (χ1v) is 10.9. The minimum Gasteiger partial charge on any atom is -0.497 e. The number of methoxy groups -OCH3 is 1. The number of carbonyl (C=O) groups excluding carboxylic acids is 1. The number of amides is 1. The van der Waals surface area contributed by atoms with Crippen molar-refractivity contribution in [3.8, 4) is 23.0 Å². The van der Waals surface area contributed by atoms with E-state index in [9.17, 15) is 4.79 Å². The van der Waals surface area contributed by atoms with Crippen molar-refractivity contribution < 1.29 is 9.53 Å². The number of nitrogens with one attached hydrogen (secondary N) is 1. The van der Waals surface area contributed by atoms with E-state index >= 15 is 0 Å². The molecule has 1 aromatic carbocycles. The number of hydrogen-bond acceptors (Lipinski definition) is 6. The molecular formula is C25H24N6O2. The fourth-order valence-corrected chi connectivity index (χ4v) is 4.12. The first-order chi connectivity index (χ1) is 16.1. The minimum absolute atomic E-state index is 0.164. The lowest BCUT2D eigenvalue weighted by molar-refractivity contribution is 0.0953. The van der Waals surface area contributed by atoms with Crippen LogP contribution in [-0.2, 0) is 19.3 Å². The largest absolute Gasteiger partial charge is 0.497 e. The van der Waals surface area contributed by atoms with Crippen LogP contribution in [0.4, 0.5) is 0 Å². The lowest BCUT2D eigenvalue weighted by Crippen LogP contribution is -2.26. The standard InChI is InChI=1S/C25H24N6O2/c1-16-22(24(32)27-12-9-17-7-10-26-11-8-17)15-29-31(16)25-28-14-19-4-3-18-13-20(33-2)5-6-21(18)23(19)30-25/h5-8,10-11,13-15H,3-4,9,12H2,1-2H3,(H,27,32). The number of aromatic nitrogens is 5. The molecule has 4 aromatic rings. The van der Waals surface area contributed by atoms with E-state index in [1.807, 2.05) is 37.4 Å². The fourth-order valence-electron chi connectivity index (χ4n) is 4.12. The van der Waals surface area contributed by atoms with E-state index in [0.717, 1.165) is 47.4 Å². The molecule has 33 heavy (non-hydrogen) atoms. The maximum absolute atomic E-state index is 12.7. The van der Waals surface area contributed by atoms with Gasteiger partial charge < -0.3 is 10.1 Å². The predicted molar refractivity (Wildman–Crippen MR) is 124 cm³/mol. The normalized spacial score (nSPS) is 12.1. The Hall–Kier alpha value is -4.07. The Kier molecular flexibility index (Phi) is 5.56. The zero-order valence-corrected chi connectivity index (χ0v) is 18.6. The lowest BCUT2D eigenvalue weighted by atomic mass is 9.90. The van der Waals surface area contributed by atoms with Gasteiger partial charge in [0.05, 0.1) is 30.3 Å². The summed E-state index contributed by atoms with van der Waals surface area (Å²) in [6.45, 7) is 2.38. The van der Waals surface area contributed by atoms with Crippen LogP contribution in [0.25, 0.3) is 17.2 Å². The van der Waals surface area contributed by atoms with Crippen molar-refractivity contribution in [2.45, 2.75) is 26.2 Å². The van der Waals surface area contributed by atoms with Gasteiger partial charge >= 0.3 is 0 Å². The monoisotopic (exact) mass is 440 g/mol. The molecule has 0 unspecified atom stereocenters. The van der Waals surface area contributed by atoms with Gasteiger partial charge in [0.2, 0.25) is 0 Å². The lowest BCUT2D eigenvalue weighted by Gasteiger charge is -2.19. The second kappa shape index (κ2) is 8.82. The smallest absolute Gasteiger partial charge is 0.254 e. The molecule has 1 amide bonds. The van der Waals surface area contributed by atoms with Crippen LogP contribution in [0.3, 0.4) is 0 Å². The average Bonchev–Trinajstić information content (AvgIpc) is 3.25. The zero-order chi connectivity index (χ0) is 22.8. The molecule has 0 saturated carbocycles. The third-order valence-corrected chi connectivity index (χ3v) is 5.98. The van der Waals surface area contributed by atoms with Gasteiger partial charge in [0.15, 0.2) is 0 Å². The molecule has 1 aliphatic rings. The van der Waals surface area contributed by atoms with Crippen LogP contribution in [0.2, 0.25) is 0 Å². The number of pyridine rings is 1. The number of fused-ring (bicyclic) bond motifs is 3. The van der Waals surface area contributed by atoms with E-state index < -0.39 is 0 Å². The first kappa shape index (κ1) is 20.8. The van der Waals surface area contributed by atoms with Gasteiger partial charge in [-0.15, -0.1) is 0 Å². The van der Waals surface area contributed by atoms with Crippen LogP contribution in [0, 0.1) is 6.92 Å². The van der Waals surface area contributed by atoms with Crippen LogP contribution in [0.15, 0.2) is 55.1 Å². The van der Waals surface area contributed by atoms with E-state index in [4.69, 9.17) is 9.72 Å². The third kappa shape index (κ3) is 4.07. The van der Waals surface area contributed by atoms with Crippen molar-refractivity contribution in [3.63, 3.8) is 0 Å². The number of benzene rings is 1. The molecular weight excluding hydrogens is 416 g/mol. The highest BCUT2D eigenvalue weighted by Gasteiger charge is 2.21. The Balaban J connectivity index is 1.37. The summed E-state index contributed by atoms with van der Waals surface area (Å²) in [5.41, 5.74) is 6.63. The molecule has 3 aromatic heterocycles. The van der Waals surface area contributed by atoms with Crippen LogP contribution < -0.4 is 10.1 Å². The summed E-state index contributed by atoms with van der Waals surface area (Å²) >= 11 is 0. The van der Waals surface area contributed by atoms with E-state index in [1.165, 1.54) is 5.56 Å². The van der Waals surface area contributed by atoms with Crippen LogP contribution in [-0.4, -0.2) is 44.3 Å². The summed E-state index contributed by atoms with van der Waals surface area (Å²) in [6, 6.07) is 9.94. The Bertz CT molecular complexity index is 1320. The van der Waals surface area contributed by atoms with Crippen molar-refractivity contribution >= 4 is 5.91 Å². The predicted octanol–water partition coefficient (Wildman–Crippen LogP) is 3.11. The summed E-state index contributed by atoms with van der Waals surface area (Å²) in [5, 5.41) is 7.37. The summed E-state index contributed by atoms with van der Waals surface area (Å²) in [4.78, 5) is 26.1. The van der Waals surface area contributed by atoms with E-state index in [1.54, 1.807) is 30.4 Å². The number of aryl methyl sites for hydroxylation is 2. The Morgan fingerprint density at radius 3 is 2.76 bits per heavy atom. The van der Waals surface area contributed by atoms with E-state index in [-0.39, 0.29) is 5.91 Å². The van der Waals surface area contributed by atoms with Gasteiger partial charge in [-0.1, -0.05) is 0 Å². The van der Waals surface area contributed by atoms with Crippen molar-refractivity contribution in [2.24, 2.45) is 0 Å². The maximum atomic E-state index is 12.7. The number of carbonyl (C=O) groups is 1. The molecule has 0 aliphatic heterocycles. The molecule has 0 spiro atoms. The maximum Gasteiger partial charge on any atom is 0.254 e.